The predicted molar refractivity (Wildman–Crippen MR) is 63.6 cm³/mol. The lowest BCUT2D eigenvalue weighted by atomic mass is 10.2. The van der Waals surface area contributed by atoms with E-state index in [9.17, 15) is 0 Å². The van der Waals surface area contributed by atoms with Crippen LogP contribution in [0.3, 0.4) is 0 Å². The SMILES string of the molecule is ClCCCn1nnnc1-c1ccccc1Cl. The molecule has 0 N–H and O–H groups in total. The summed E-state index contributed by atoms with van der Waals surface area (Å²) in [4.78, 5) is 0. The molecule has 0 amide bonds. The molecule has 0 saturated carbocycles. The summed E-state index contributed by atoms with van der Waals surface area (Å²) in [6.07, 6.45) is 0.823. The first-order chi connectivity index (χ1) is 7.83. The average Bonchev–Trinajstić information content (AvgIpc) is 2.75. The Kier molecular flexibility index (Phi) is 3.74. The molecule has 0 bridgehead atoms. The van der Waals surface area contributed by atoms with Crippen LogP contribution in [-0.2, 0) is 6.54 Å². The van der Waals surface area contributed by atoms with E-state index in [2.05, 4.69) is 15.5 Å². The van der Waals surface area contributed by atoms with Crippen molar-refractivity contribution in [3.8, 4) is 11.4 Å². The molecular weight excluding hydrogens is 247 g/mol. The van der Waals surface area contributed by atoms with Crippen LogP contribution in [0.4, 0.5) is 0 Å². The van der Waals surface area contributed by atoms with Crippen molar-refractivity contribution in [2.45, 2.75) is 13.0 Å². The minimum absolute atomic E-state index is 0.585. The number of aryl methyl sites for hydroxylation is 1. The van der Waals surface area contributed by atoms with Gasteiger partial charge in [-0.1, -0.05) is 23.7 Å². The number of rotatable bonds is 4. The highest BCUT2D eigenvalue weighted by Crippen LogP contribution is 2.24. The maximum atomic E-state index is 6.09. The number of benzene rings is 1. The fourth-order valence-electron chi connectivity index (χ4n) is 1.40. The van der Waals surface area contributed by atoms with Crippen molar-refractivity contribution >= 4 is 23.2 Å². The van der Waals surface area contributed by atoms with Crippen LogP contribution < -0.4 is 0 Å². The number of tetrazole rings is 1. The molecule has 4 nitrogen and oxygen atoms in total. The van der Waals surface area contributed by atoms with Crippen molar-refractivity contribution in [2.24, 2.45) is 0 Å². The third-order valence-corrected chi connectivity index (χ3v) is 2.75. The van der Waals surface area contributed by atoms with Crippen LogP contribution in [0.1, 0.15) is 6.42 Å². The molecule has 0 aliphatic carbocycles. The van der Waals surface area contributed by atoms with Crippen LogP contribution in [0.25, 0.3) is 11.4 Å². The summed E-state index contributed by atoms with van der Waals surface area (Å²) in [5.74, 6) is 1.26. The van der Waals surface area contributed by atoms with E-state index >= 15 is 0 Å². The number of halogens is 2. The minimum atomic E-state index is 0.585. The molecule has 0 saturated heterocycles. The maximum Gasteiger partial charge on any atom is 0.183 e. The second-order valence-corrected chi connectivity index (χ2v) is 4.03. The fourth-order valence-corrected chi connectivity index (χ4v) is 1.74. The van der Waals surface area contributed by atoms with Crippen molar-refractivity contribution in [1.29, 1.82) is 0 Å². The van der Waals surface area contributed by atoms with Gasteiger partial charge in [0.25, 0.3) is 0 Å². The molecule has 16 heavy (non-hydrogen) atoms. The van der Waals surface area contributed by atoms with Crippen molar-refractivity contribution in [3.05, 3.63) is 29.3 Å². The molecule has 0 aliphatic heterocycles. The second kappa shape index (κ2) is 5.27. The third-order valence-electron chi connectivity index (χ3n) is 2.15. The zero-order valence-corrected chi connectivity index (χ0v) is 9.99. The molecule has 0 spiro atoms. The van der Waals surface area contributed by atoms with E-state index in [1.807, 2.05) is 24.3 Å². The molecule has 84 valence electrons. The Hall–Kier alpha value is -1.13. The third kappa shape index (κ3) is 2.33. The normalized spacial score (nSPS) is 10.6. The highest BCUT2D eigenvalue weighted by Gasteiger charge is 2.11. The van der Waals surface area contributed by atoms with Crippen LogP contribution in [0.5, 0.6) is 0 Å². The van der Waals surface area contributed by atoms with Gasteiger partial charge in [-0.3, -0.25) is 0 Å². The number of hydrogen-bond acceptors (Lipinski definition) is 3. The summed E-state index contributed by atoms with van der Waals surface area (Å²) >= 11 is 11.7. The van der Waals surface area contributed by atoms with Gasteiger partial charge in [-0.15, -0.1) is 16.7 Å². The monoisotopic (exact) mass is 256 g/mol. The molecule has 0 atom stereocenters. The van der Waals surface area contributed by atoms with Gasteiger partial charge >= 0.3 is 0 Å². The summed E-state index contributed by atoms with van der Waals surface area (Å²) in [5.41, 5.74) is 0.837. The van der Waals surface area contributed by atoms with E-state index in [4.69, 9.17) is 23.2 Å². The summed E-state index contributed by atoms with van der Waals surface area (Å²) in [5, 5.41) is 12.2. The van der Waals surface area contributed by atoms with E-state index in [0.717, 1.165) is 12.0 Å². The van der Waals surface area contributed by atoms with Gasteiger partial charge in [0.15, 0.2) is 5.82 Å². The van der Waals surface area contributed by atoms with Gasteiger partial charge in [-0.05, 0) is 29.0 Å². The Morgan fingerprint density at radius 1 is 1.25 bits per heavy atom. The molecule has 1 aromatic heterocycles. The zero-order valence-electron chi connectivity index (χ0n) is 8.48. The Bertz CT molecular complexity index is 469. The number of nitrogens with zero attached hydrogens (tertiary/aromatic N) is 4. The van der Waals surface area contributed by atoms with Crippen LogP contribution in [0, 0.1) is 0 Å². The van der Waals surface area contributed by atoms with Crippen molar-refractivity contribution in [2.75, 3.05) is 5.88 Å². The lowest BCUT2D eigenvalue weighted by Gasteiger charge is -2.04. The number of hydrogen-bond donors (Lipinski definition) is 0. The molecule has 0 radical (unpaired) electrons. The molecule has 0 fully saturated rings. The number of aromatic nitrogens is 4. The summed E-state index contributed by atoms with van der Waals surface area (Å²) < 4.78 is 1.71. The largest absolute Gasteiger partial charge is 0.225 e. The average molecular weight is 257 g/mol. The molecule has 0 aliphatic rings. The smallest absolute Gasteiger partial charge is 0.183 e. The molecule has 2 aromatic rings. The van der Waals surface area contributed by atoms with Crippen LogP contribution in [0.2, 0.25) is 5.02 Å². The lowest BCUT2D eigenvalue weighted by Crippen LogP contribution is -2.03. The fraction of sp³-hybridized carbons (Fsp3) is 0.300. The van der Waals surface area contributed by atoms with Gasteiger partial charge in [-0.2, -0.15) is 0 Å². The van der Waals surface area contributed by atoms with E-state index in [1.165, 1.54) is 0 Å². The summed E-state index contributed by atoms with van der Waals surface area (Å²) in [7, 11) is 0. The van der Waals surface area contributed by atoms with Gasteiger partial charge in [0.2, 0.25) is 0 Å². The Morgan fingerprint density at radius 3 is 2.81 bits per heavy atom. The Balaban J connectivity index is 2.33. The second-order valence-electron chi connectivity index (χ2n) is 3.25. The van der Waals surface area contributed by atoms with Crippen LogP contribution in [-0.4, -0.2) is 26.1 Å². The van der Waals surface area contributed by atoms with Gasteiger partial charge in [-0.25, -0.2) is 4.68 Å². The van der Waals surface area contributed by atoms with E-state index in [0.29, 0.717) is 23.3 Å². The van der Waals surface area contributed by atoms with Crippen molar-refractivity contribution in [1.82, 2.24) is 20.2 Å². The van der Waals surface area contributed by atoms with E-state index in [1.54, 1.807) is 4.68 Å². The topological polar surface area (TPSA) is 43.6 Å². The summed E-state index contributed by atoms with van der Waals surface area (Å²) in [6, 6.07) is 7.49. The maximum absolute atomic E-state index is 6.09. The van der Waals surface area contributed by atoms with Crippen LogP contribution in [0.15, 0.2) is 24.3 Å². The Morgan fingerprint density at radius 2 is 2.06 bits per heavy atom. The highest BCUT2D eigenvalue weighted by molar-refractivity contribution is 6.33. The predicted octanol–water partition coefficient (Wildman–Crippen LogP) is 2.62. The molecule has 0 unspecified atom stereocenters. The van der Waals surface area contributed by atoms with Gasteiger partial charge in [0.1, 0.15) is 0 Å². The molecule has 1 heterocycles. The lowest BCUT2D eigenvalue weighted by molar-refractivity contribution is 0.585. The first-order valence-electron chi connectivity index (χ1n) is 4.90. The Labute approximate surface area is 103 Å². The molecular formula is C10H10Cl2N4. The van der Waals surface area contributed by atoms with Crippen molar-refractivity contribution < 1.29 is 0 Å². The molecule has 1 aromatic carbocycles. The quantitative estimate of drug-likeness (QED) is 0.791. The zero-order chi connectivity index (χ0) is 11.4. The highest BCUT2D eigenvalue weighted by atomic mass is 35.5. The van der Waals surface area contributed by atoms with E-state index < -0.39 is 0 Å². The van der Waals surface area contributed by atoms with Gasteiger partial charge < -0.3 is 0 Å². The van der Waals surface area contributed by atoms with Gasteiger partial charge in [0, 0.05) is 18.0 Å². The first-order valence-corrected chi connectivity index (χ1v) is 5.81. The van der Waals surface area contributed by atoms with E-state index in [-0.39, 0.29) is 0 Å². The first kappa shape index (κ1) is 11.4. The van der Waals surface area contributed by atoms with Crippen LogP contribution >= 0.6 is 23.2 Å². The minimum Gasteiger partial charge on any atom is -0.225 e. The summed E-state index contributed by atoms with van der Waals surface area (Å²) in [6.45, 7) is 0.692. The molecule has 2 rings (SSSR count). The standard InChI is InChI=1S/C10H10Cl2N4/c11-6-3-7-16-10(13-14-15-16)8-4-1-2-5-9(8)12/h1-2,4-5H,3,6-7H2. The molecule has 6 heteroatoms. The number of alkyl halides is 1. The van der Waals surface area contributed by atoms with Crippen molar-refractivity contribution in [3.63, 3.8) is 0 Å². The van der Waals surface area contributed by atoms with Gasteiger partial charge in [0.05, 0.1) is 5.02 Å².